The van der Waals surface area contributed by atoms with Gasteiger partial charge in [0.1, 0.15) is 31.8 Å². The number of hydrogen-bond donors (Lipinski definition) is 2. The first-order valence-electron chi connectivity index (χ1n) is 9.82. The van der Waals surface area contributed by atoms with Crippen LogP contribution in [0, 0.1) is 6.92 Å². The number of nitrogens with zero attached hydrogens (tertiary/aromatic N) is 1. The van der Waals surface area contributed by atoms with Gasteiger partial charge in [-0.25, -0.2) is 0 Å². The first-order chi connectivity index (χ1) is 12.4. The average molecular weight is 359 g/mol. The molecule has 0 amide bonds. The number of H-pyrrole nitrogens is 1. The highest BCUT2D eigenvalue weighted by molar-refractivity contribution is 5.83. The molecule has 1 aromatic heterocycles. The fraction of sp³-hybridized carbons (Fsp3) is 0.571. The molecule has 1 saturated heterocycles. The van der Waals surface area contributed by atoms with E-state index in [1.807, 2.05) is 19.1 Å². The van der Waals surface area contributed by atoms with Gasteiger partial charge in [0.25, 0.3) is 0 Å². The van der Waals surface area contributed by atoms with Crippen LogP contribution in [0.25, 0.3) is 10.9 Å². The zero-order valence-corrected chi connectivity index (χ0v) is 16.7. The van der Waals surface area contributed by atoms with Crippen LogP contribution in [0.4, 0.5) is 5.69 Å². The lowest BCUT2D eigenvalue weighted by Crippen LogP contribution is -3.14. The molecule has 142 valence electrons. The van der Waals surface area contributed by atoms with Gasteiger partial charge in [0.2, 0.25) is 0 Å². The first kappa shape index (κ1) is 18.9. The van der Waals surface area contributed by atoms with E-state index in [0.717, 1.165) is 60.6 Å². The van der Waals surface area contributed by atoms with Gasteiger partial charge in [0.05, 0.1) is 5.56 Å². The summed E-state index contributed by atoms with van der Waals surface area (Å²) in [4.78, 5) is 20.4. The van der Waals surface area contributed by atoms with Crippen molar-refractivity contribution in [2.24, 2.45) is 0 Å². The normalized spacial score (nSPS) is 23.3. The molecule has 1 aliphatic rings. The maximum Gasteiger partial charge on any atom is 0.198 e. The van der Waals surface area contributed by atoms with E-state index in [-0.39, 0.29) is 17.6 Å². The van der Waals surface area contributed by atoms with Gasteiger partial charge in [-0.2, -0.15) is 0 Å². The van der Waals surface area contributed by atoms with E-state index >= 15 is 0 Å². The maximum atomic E-state index is 13.3. The summed E-state index contributed by atoms with van der Waals surface area (Å²) < 4.78 is 5.84. The van der Waals surface area contributed by atoms with Crippen LogP contribution in [-0.2, 0) is 11.3 Å². The van der Waals surface area contributed by atoms with E-state index in [0.29, 0.717) is 0 Å². The van der Waals surface area contributed by atoms with Crippen molar-refractivity contribution in [3.63, 3.8) is 0 Å². The SMILES string of the molecule is CCN(CC)c1ccc2[nH]c(C)c(C[NH+]3CC(C)OC(C)C3)c(=O)c2c1. The number of rotatable bonds is 5. The van der Waals surface area contributed by atoms with Crippen molar-refractivity contribution in [3.8, 4) is 0 Å². The summed E-state index contributed by atoms with van der Waals surface area (Å²) in [6.07, 6.45) is 0.478. The third kappa shape index (κ3) is 3.79. The standard InChI is InChI=1S/C21H31N3O2/c1-6-24(7-2)17-8-9-20-18(10-17)21(25)19(16(5)22-20)13-23-11-14(3)26-15(4)12-23/h8-10,14-15H,6-7,11-13H2,1-5H3,(H,22,25)/p+1. The maximum absolute atomic E-state index is 13.3. The molecule has 0 aliphatic carbocycles. The van der Waals surface area contributed by atoms with Gasteiger partial charge < -0.3 is 19.5 Å². The highest BCUT2D eigenvalue weighted by Crippen LogP contribution is 2.20. The minimum absolute atomic E-state index is 0.171. The van der Waals surface area contributed by atoms with Crippen LogP contribution in [-0.4, -0.2) is 43.4 Å². The zero-order valence-electron chi connectivity index (χ0n) is 16.7. The van der Waals surface area contributed by atoms with Crippen molar-refractivity contribution in [2.45, 2.75) is 53.4 Å². The predicted molar refractivity (Wildman–Crippen MR) is 107 cm³/mol. The molecule has 1 aliphatic heterocycles. The number of benzene rings is 1. The third-order valence-electron chi connectivity index (χ3n) is 5.47. The molecule has 1 aromatic carbocycles. The Morgan fingerprint density at radius 2 is 1.85 bits per heavy atom. The molecular formula is C21H32N3O2+. The van der Waals surface area contributed by atoms with E-state index in [1.165, 1.54) is 4.90 Å². The number of aromatic amines is 1. The Balaban J connectivity index is 1.98. The van der Waals surface area contributed by atoms with Crippen LogP contribution in [0.3, 0.4) is 0 Å². The number of aryl methyl sites for hydroxylation is 1. The Hall–Kier alpha value is -1.85. The first-order valence-corrected chi connectivity index (χ1v) is 9.82. The van der Waals surface area contributed by atoms with Crippen LogP contribution in [0.5, 0.6) is 0 Å². The second kappa shape index (κ2) is 7.80. The van der Waals surface area contributed by atoms with Crippen LogP contribution < -0.4 is 15.2 Å². The van der Waals surface area contributed by atoms with E-state index in [1.54, 1.807) is 0 Å². The van der Waals surface area contributed by atoms with E-state index in [2.05, 4.69) is 43.6 Å². The Labute approximate surface area is 156 Å². The Kier molecular flexibility index (Phi) is 5.68. The summed E-state index contributed by atoms with van der Waals surface area (Å²) in [7, 11) is 0. The molecule has 2 N–H and O–H groups in total. The molecule has 3 rings (SSSR count). The lowest BCUT2D eigenvalue weighted by molar-refractivity contribution is -0.928. The minimum Gasteiger partial charge on any atom is -0.372 e. The van der Waals surface area contributed by atoms with Crippen LogP contribution >= 0.6 is 0 Å². The molecule has 0 radical (unpaired) electrons. The quantitative estimate of drug-likeness (QED) is 0.858. The lowest BCUT2D eigenvalue weighted by atomic mass is 10.1. The summed E-state index contributed by atoms with van der Waals surface area (Å²) >= 11 is 0. The molecule has 2 heterocycles. The van der Waals surface area contributed by atoms with Gasteiger partial charge in [-0.05, 0) is 52.8 Å². The molecule has 0 spiro atoms. The van der Waals surface area contributed by atoms with Gasteiger partial charge in [-0.3, -0.25) is 4.79 Å². The van der Waals surface area contributed by atoms with E-state index in [4.69, 9.17) is 4.74 Å². The number of ether oxygens (including phenoxy) is 1. The largest absolute Gasteiger partial charge is 0.372 e. The number of pyridine rings is 1. The molecule has 2 aromatic rings. The summed E-state index contributed by atoms with van der Waals surface area (Å²) in [6.45, 7) is 15.0. The van der Waals surface area contributed by atoms with Crippen LogP contribution in [0.15, 0.2) is 23.0 Å². The average Bonchev–Trinajstić information content (AvgIpc) is 2.59. The van der Waals surface area contributed by atoms with Gasteiger partial charge in [0.15, 0.2) is 5.43 Å². The fourth-order valence-corrected chi connectivity index (χ4v) is 4.22. The Morgan fingerprint density at radius 1 is 1.19 bits per heavy atom. The Morgan fingerprint density at radius 3 is 2.46 bits per heavy atom. The van der Waals surface area contributed by atoms with Crippen molar-refractivity contribution in [1.82, 2.24) is 4.98 Å². The highest BCUT2D eigenvalue weighted by atomic mass is 16.5. The molecule has 0 saturated carbocycles. The van der Waals surface area contributed by atoms with E-state index in [9.17, 15) is 4.79 Å². The second-order valence-electron chi connectivity index (χ2n) is 7.55. The van der Waals surface area contributed by atoms with Crippen molar-refractivity contribution in [3.05, 3.63) is 39.7 Å². The molecular weight excluding hydrogens is 326 g/mol. The number of anilines is 1. The molecule has 2 atom stereocenters. The minimum atomic E-state index is 0.171. The zero-order chi connectivity index (χ0) is 18.8. The van der Waals surface area contributed by atoms with E-state index < -0.39 is 0 Å². The van der Waals surface area contributed by atoms with Crippen molar-refractivity contribution >= 4 is 16.6 Å². The topological polar surface area (TPSA) is 49.8 Å². The summed E-state index contributed by atoms with van der Waals surface area (Å²) in [6, 6.07) is 6.18. The smallest absolute Gasteiger partial charge is 0.198 e. The van der Waals surface area contributed by atoms with Crippen molar-refractivity contribution < 1.29 is 9.64 Å². The molecule has 0 bridgehead atoms. The summed E-state index contributed by atoms with van der Waals surface area (Å²) in [5.41, 5.74) is 4.10. The van der Waals surface area contributed by atoms with Crippen molar-refractivity contribution in [2.75, 3.05) is 31.1 Å². The van der Waals surface area contributed by atoms with Crippen LogP contribution in [0.2, 0.25) is 0 Å². The molecule has 26 heavy (non-hydrogen) atoms. The summed E-state index contributed by atoms with van der Waals surface area (Å²) in [5, 5.41) is 0.795. The molecule has 2 unspecified atom stereocenters. The fourth-order valence-electron chi connectivity index (χ4n) is 4.22. The third-order valence-corrected chi connectivity index (χ3v) is 5.47. The number of morpholine rings is 1. The number of quaternary nitrogens is 1. The van der Waals surface area contributed by atoms with Crippen molar-refractivity contribution in [1.29, 1.82) is 0 Å². The van der Waals surface area contributed by atoms with Gasteiger partial charge in [0, 0.05) is 35.4 Å². The number of aromatic nitrogens is 1. The second-order valence-corrected chi connectivity index (χ2v) is 7.55. The molecule has 5 nitrogen and oxygen atoms in total. The summed E-state index contributed by atoms with van der Waals surface area (Å²) in [5.74, 6) is 0. The number of hydrogen-bond acceptors (Lipinski definition) is 3. The van der Waals surface area contributed by atoms with Gasteiger partial charge in [-0.15, -0.1) is 0 Å². The Bertz CT molecular complexity index is 816. The monoisotopic (exact) mass is 358 g/mol. The molecule has 1 fully saturated rings. The van der Waals surface area contributed by atoms with Gasteiger partial charge in [-0.1, -0.05) is 0 Å². The lowest BCUT2D eigenvalue weighted by Gasteiger charge is -2.32. The number of fused-ring (bicyclic) bond motifs is 1. The number of nitrogens with one attached hydrogen (secondary N) is 2. The molecule has 5 heteroatoms. The predicted octanol–water partition coefficient (Wildman–Crippen LogP) is 1.87. The highest BCUT2D eigenvalue weighted by Gasteiger charge is 2.27. The van der Waals surface area contributed by atoms with Gasteiger partial charge >= 0.3 is 0 Å². The van der Waals surface area contributed by atoms with Crippen LogP contribution in [0.1, 0.15) is 39.0 Å².